The van der Waals surface area contributed by atoms with E-state index in [1.165, 1.54) is 12.1 Å². The van der Waals surface area contributed by atoms with Crippen LogP contribution in [0.2, 0.25) is 18.1 Å². The summed E-state index contributed by atoms with van der Waals surface area (Å²) in [5.41, 5.74) is -4.32. The monoisotopic (exact) mass is 492 g/mol. The number of benzene rings is 1. The zero-order valence-electron chi connectivity index (χ0n) is 20.1. The topological polar surface area (TPSA) is 79.6 Å². The summed E-state index contributed by atoms with van der Waals surface area (Å²) in [6.45, 7) is 13.8. The molecule has 1 aromatic rings. The first kappa shape index (κ1) is 24.5. The summed E-state index contributed by atoms with van der Waals surface area (Å²) in [6, 6.07) is 4.36. The lowest BCUT2D eigenvalue weighted by molar-refractivity contribution is -0.138. The molecule has 10 heteroatoms. The molecule has 3 heterocycles. The van der Waals surface area contributed by atoms with Crippen LogP contribution in [0.15, 0.2) is 30.0 Å². The van der Waals surface area contributed by atoms with Crippen molar-refractivity contribution in [3.63, 3.8) is 0 Å². The van der Waals surface area contributed by atoms with Gasteiger partial charge in [0.2, 0.25) is 20.1 Å². The van der Waals surface area contributed by atoms with Crippen LogP contribution in [0.25, 0.3) is 0 Å². The van der Waals surface area contributed by atoms with Crippen LogP contribution in [0.1, 0.15) is 45.7 Å². The molecule has 0 N–H and O–H groups in total. The minimum absolute atomic E-state index is 0.121. The van der Waals surface area contributed by atoms with Crippen LogP contribution in [0, 0.1) is 23.2 Å². The Balaban J connectivity index is 1.75. The predicted octanol–water partition coefficient (Wildman–Crippen LogP) is 5.15. The second-order valence-electron chi connectivity index (χ2n) is 11.1. The molecule has 2 amide bonds. The second-order valence-corrected chi connectivity index (χ2v) is 15.8. The Kier molecular flexibility index (Phi) is 5.00. The van der Waals surface area contributed by atoms with E-state index >= 15 is 0 Å². The zero-order valence-corrected chi connectivity index (χ0v) is 21.1. The number of carbonyl (C=O) groups is 2. The van der Waals surface area contributed by atoms with E-state index in [2.05, 4.69) is 33.9 Å². The molecule has 0 radical (unpaired) electrons. The van der Waals surface area contributed by atoms with E-state index in [1.54, 1.807) is 19.9 Å². The maximum atomic E-state index is 13.6. The van der Waals surface area contributed by atoms with Gasteiger partial charge < -0.3 is 9.16 Å². The van der Waals surface area contributed by atoms with E-state index in [0.717, 1.165) is 11.0 Å². The van der Waals surface area contributed by atoms with Crippen LogP contribution in [-0.4, -0.2) is 31.3 Å². The largest absolute Gasteiger partial charge is 0.544 e. The van der Waals surface area contributed by atoms with Crippen LogP contribution in [0.4, 0.5) is 18.9 Å². The molecule has 3 aliphatic rings. The first-order valence-corrected chi connectivity index (χ1v) is 13.9. The molecule has 2 saturated heterocycles. The minimum atomic E-state index is -4.81. The summed E-state index contributed by atoms with van der Waals surface area (Å²) in [5.74, 6) is -2.58. The van der Waals surface area contributed by atoms with Gasteiger partial charge in [-0.15, -0.1) is 0 Å². The highest BCUT2D eigenvalue weighted by molar-refractivity contribution is 6.74. The summed E-state index contributed by atoms with van der Waals surface area (Å²) >= 11 is 0. The third-order valence-corrected chi connectivity index (χ3v) is 12.1. The fourth-order valence-corrected chi connectivity index (χ4v) is 6.05. The van der Waals surface area contributed by atoms with E-state index < -0.39 is 60.5 Å². The normalized spacial score (nSPS) is 31.0. The number of fused-ring (bicyclic) bond motifs is 5. The average molecular weight is 493 g/mol. The lowest BCUT2D eigenvalue weighted by Gasteiger charge is -2.41. The Bertz CT molecular complexity index is 1180. The van der Waals surface area contributed by atoms with Crippen molar-refractivity contribution < 1.29 is 31.9 Å². The summed E-state index contributed by atoms with van der Waals surface area (Å²) in [4.78, 5) is 27.8. The summed E-state index contributed by atoms with van der Waals surface area (Å²) in [5, 5.41) is 8.95. The number of carbonyl (C=O) groups excluding carboxylic acids is 2. The van der Waals surface area contributed by atoms with Gasteiger partial charge in [0.05, 0.1) is 34.7 Å². The number of rotatable bonds is 3. The fourth-order valence-electron chi connectivity index (χ4n) is 4.93. The molecular weight excluding hydrogens is 465 g/mol. The van der Waals surface area contributed by atoms with Gasteiger partial charge in [0, 0.05) is 0 Å². The van der Waals surface area contributed by atoms with Crippen LogP contribution >= 0.6 is 0 Å². The van der Waals surface area contributed by atoms with Gasteiger partial charge in [-0.1, -0.05) is 20.8 Å². The van der Waals surface area contributed by atoms with Crippen LogP contribution < -0.4 is 4.90 Å². The number of halogens is 3. The van der Waals surface area contributed by atoms with Crippen LogP contribution in [0.3, 0.4) is 0 Å². The Morgan fingerprint density at radius 1 is 1.12 bits per heavy atom. The van der Waals surface area contributed by atoms with E-state index in [1.807, 2.05) is 0 Å². The predicted molar refractivity (Wildman–Crippen MR) is 120 cm³/mol. The SMILES string of the molecule is CC(C)(C)[Si](C)(C)OC1=C[C@@]2(C)O[C@]1(C)[C@@H]1C(=O)N(c3ccc(C#N)c(C(F)(F)F)c3)C(=O)[C@@H]12. The number of amides is 2. The van der Waals surface area contributed by atoms with Gasteiger partial charge in [0.15, 0.2) is 0 Å². The molecule has 0 aromatic heterocycles. The number of anilines is 1. The number of imide groups is 1. The van der Waals surface area contributed by atoms with Gasteiger partial charge >= 0.3 is 6.18 Å². The van der Waals surface area contributed by atoms with Crippen LogP contribution in [0.5, 0.6) is 0 Å². The highest BCUT2D eigenvalue weighted by Crippen LogP contribution is 2.61. The van der Waals surface area contributed by atoms with Crippen LogP contribution in [-0.2, 0) is 24.9 Å². The molecule has 2 bridgehead atoms. The average Bonchev–Trinajstić information content (AvgIpc) is 3.20. The lowest BCUT2D eigenvalue weighted by Crippen LogP contribution is -2.47. The van der Waals surface area contributed by atoms with E-state index in [0.29, 0.717) is 11.8 Å². The molecule has 4 atom stereocenters. The number of nitrogens with zero attached hydrogens (tertiary/aromatic N) is 2. The van der Waals surface area contributed by atoms with Crippen molar-refractivity contribution in [2.24, 2.45) is 11.8 Å². The highest BCUT2D eigenvalue weighted by Gasteiger charge is 2.74. The maximum absolute atomic E-state index is 13.6. The molecule has 4 rings (SSSR count). The Labute approximate surface area is 197 Å². The quantitative estimate of drug-likeness (QED) is 0.431. The van der Waals surface area contributed by atoms with Crippen molar-refractivity contribution in [3.05, 3.63) is 41.2 Å². The van der Waals surface area contributed by atoms with Gasteiger partial charge in [0.1, 0.15) is 17.0 Å². The van der Waals surface area contributed by atoms with Gasteiger partial charge in [-0.3, -0.25) is 9.59 Å². The minimum Gasteiger partial charge on any atom is -0.544 e. The van der Waals surface area contributed by atoms with Gasteiger partial charge in [0.25, 0.3) is 0 Å². The van der Waals surface area contributed by atoms with Gasteiger partial charge in [-0.25, -0.2) is 4.90 Å². The molecule has 34 heavy (non-hydrogen) atoms. The first-order chi connectivity index (χ1) is 15.4. The number of hydrogen-bond donors (Lipinski definition) is 0. The van der Waals surface area contributed by atoms with Gasteiger partial charge in [-0.05, 0) is 56.3 Å². The third kappa shape index (κ3) is 3.24. The fraction of sp³-hybridized carbons (Fsp3) is 0.542. The zero-order chi connectivity index (χ0) is 25.6. The summed E-state index contributed by atoms with van der Waals surface area (Å²) in [7, 11) is -2.30. The smallest absolute Gasteiger partial charge is 0.417 e. The lowest BCUT2D eigenvalue weighted by atomic mass is 9.72. The van der Waals surface area contributed by atoms with Crippen molar-refractivity contribution in [2.45, 2.75) is 70.1 Å². The number of nitriles is 1. The van der Waals surface area contributed by atoms with Crippen molar-refractivity contribution in [1.29, 1.82) is 5.26 Å². The molecule has 6 nitrogen and oxygen atoms in total. The molecule has 0 aliphatic carbocycles. The molecule has 1 aromatic carbocycles. The maximum Gasteiger partial charge on any atom is 0.417 e. The Morgan fingerprint density at radius 3 is 2.24 bits per heavy atom. The highest BCUT2D eigenvalue weighted by atomic mass is 28.4. The molecule has 0 spiro atoms. The van der Waals surface area contributed by atoms with E-state index in [9.17, 15) is 22.8 Å². The molecule has 0 saturated carbocycles. The molecule has 0 unspecified atom stereocenters. The van der Waals surface area contributed by atoms with Gasteiger partial charge in [-0.2, -0.15) is 18.4 Å². The molecular formula is C24H27F3N2O4Si. The third-order valence-electron chi connectivity index (χ3n) is 7.71. The van der Waals surface area contributed by atoms with Crippen molar-refractivity contribution in [3.8, 4) is 6.07 Å². The number of alkyl halides is 3. The van der Waals surface area contributed by atoms with Crippen molar-refractivity contribution in [1.82, 2.24) is 0 Å². The number of hydrogen-bond acceptors (Lipinski definition) is 5. The van der Waals surface area contributed by atoms with Crippen molar-refractivity contribution >= 4 is 25.8 Å². The van der Waals surface area contributed by atoms with Crippen molar-refractivity contribution in [2.75, 3.05) is 4.90 Å². The van der Waals surface area contributed by atoms with E-state index in [-0.39, 0.29) is 10.7 Å². The molecule has 3 aliphatic heterocycles. The Hall–Kier alpha value is -2.64. The molecule has 2 fully saturated rings. The summed E-state index contributed by atoms with van der Waals surface area (Å²) in [6.07, 6.45) is -3.06. The number of ether oxygens (including phenoxy) is 1. The standard InChI is InChI=1S/C24H27F3N2O4Si/c1-21(2,3)34(6,7)32-16-11-22(4)17-18(23(16,5)33-22)20(31)29(19(17)30)14-9-8-13(12-28)15(10-14)24(25,26)27/h8-11,17-18H,1-7H3/t17-,18+,22-,23+/m1/s1. The van der Waals surface area contributed by atoms with E-state index in [4.69, 9.17) is 14.4 Å². The molecule has 182 valence electrons. The second kappa shape index (κ2) is 6.95. The summed E-state index contributed by atoms with van der Waals surface area (Å²) < 4.78 is 53.3. The Morgan fingerprint density at radius 2 is 1.71 bits per heavy atom. The first-order valence-electron chi connectivity index (χ1n) is 11.0.